The third-order valence-corrected chi connectivity index (χ3v) is 3.67. The smallest absolute Gasteiger partial charge is 0.233 e. The van der Waals surface area contributed by atoms with Crippen molar-refractivity contribution in [2.24, 2.45) is 5.92 Å². The van der Waals surface area contributed by atoms with Gasteiger partial charge in [-0.15, -0.1) is 0 Å². The van der Waals surface area contributed by atoms with Crippen molar-refractivity contribution in [1.82, 2.24) is 15.5 Å². The Balaban J connectivity index is 2.19. The first-order chi connectivity index (χ1) is 8.57. The molecule has 2 heterocycles. The van der Waals surface area contributed by atoms with E-state index in [0.29, 0.717) is 11.7 Å². The van der Waals surface area contributed by atoms with Crippen LogP contribution in [0.15, 0.2) is 4.52 Å². The van der Waals surface area contributed by atoms with E-state index in [4.69, 9.17) is 9.26 Å². The van der Waals surface area contributed by atoms with E-state index < -0.39 is 0 Å². The van der Waals surface area contributed by atoms with Crippen LogP contribution in [0.1, 0.15) is 51.4 Å². The van der Waals surface area contributed by atoms with Crippen LogP contribution in [0.4, 0.5) is 0 Å². The summed E-state index contributed by atoms with van der Waals surface area (Å²) in [7, 11) is 1.69. The monoisotopic (exact) mass is 253 g/mol. The molecular formula is C13H23N3O2. The van der Waals surface area contributed by atoms with Crippen LogP contribution >= 0.6 is 0 Å². The lowest BCUT2D eigenvalue weighted by atomic mass is 9.83. The van der Waals surface area contributed by atoms with Crippen molar-refractivity contribution in [2.45, 2.75) is 45.1 Å². The molecule has 0 aromatic carbocycles. The zero-order chi connectivity index (χ0) is 13.2. The van der Waals surface area contributed by atoms with E-state index >= 15 is 0 Å². The highest BCUT2D eigenvalue weighted by molar-refractivity contribution is 5.07. The second-order valence-corrected chi connectivity index (χ2v) is 5.70. The number of aromatic nitrogens is 2. The topological polar surface area (TPSA) is 60.2 Å². The molecule has 2 unspecified atom stereocenters. The van der Waals surface area contributed by atoms with Gasteiger partial charge in [0.2, 0.25) is 11.7 Å². The summed E-state index contributed by atoms with van der Waals surface area (Å²) in [6.45, 7) is 8.33. The molecule has 5 heteroatoms. The van der Waals surface area contributed by atoms with Crippen LogP contribution in [0.2, 0.25) is 0 Å². The molecule has 18 heavy (non-hydrogen) atoms. The van der Waals surface area contributed by atoms with Crippen molar-refractivity contribution < 1.29 is 9.26 Å². The zero-order valence-electron chi connectivity index (χ0n) is 11.7. The van der Waals surface area contributed by atoms with E-state index in [1.54, 1.807) is 7.11 Å². The predicted molar refractivity (Wildman–Crippen MR) is 68.3 cm³/mol. The molecule has 0 amide bonds. The van der Waals surface area contributed by atoms with Crippen LogP contribution in [0.5, 0.6) is 0 Å². The van der Waals surface area contributed by atoms with Crippen molar-refractivity contribution in [2.75, 3.05) is 20.2 Å². The van der Waals surface area contributed by atoms with Gasteiger partial charge in [0.15, 0.2) is 0 Å². The zero-order valence-corrected chi connectivity index (χ0v) is 11.7. The first kappa shape index (κ1) is 13.5. The first-order valence-corrected chi connectivity index (χ1v) is 6.64. The van der Waals surface area contributed by atoms with Crippen molar-refractivity contribution >= 4 is 0 Å². The molecule has 1 aliphatic rings. The van der Waals surface area contributed by atoms with Crippen molar-refractivity contribution in [1.29, 1.82) is 0 Å². The van der Waals surface area contributed by atoms with Crippen LogP contribution in [-0.2, 0) is 10.2 Å². The SMILES string of the molecule is COC(c1noc(C2(C)CCCNC2)n1)C(C)C. The first-order valence-electron chi connectivity index (χ1n) is 6.64. The minimum absolute atomic E-state index is 0.0429. The number of hydrogen-bond donors (Lipinski definition) is 1. The molecule has 102 valence electrons. The van der Waals surface area contributed by atoms with Gasteiger partial charge in [-0.05, 0) is 32.2 Å². The molecule has 1 N–H and O–H groups in total. The molecule has 0 aliphatic carbocycles. The normalized spacial score (nSPS) is 26.5. The Morgan fingerprint density at radius 1 is 1.44 bits per heavy atom. The summed E-state index contributed by atoms with van der Waals surface area (Å²) in [5.74, 6) is 1.72. The van der Waals surface area contributed by atoms with Gasteiger partial charge in [0.05, 0.1) is 5.41 Å². The van der Waals surface area contributed by atoms with Crippen LogP contribution < -0.4 is 5.32 Å². The highest BCUT2D eigenvalue weighted by Gasteiger charge is 2.35. The summed E-state index contributed by atoms with van der Waals surface area (Å²) in [6.07, 6.45) is 2.13. The van der Waals surface area contributed by atoms with Gasteiger partial charge >= 0.3 is 0 Å². The second kappa shape index (κ2) is 5.36. The molecule has 1 aromatic rings. The summed E-state index contributed by atoms with van der Waals surface area (Å²) in [6, 6.07) is 0. The van der Waals surface area contributed by atoms with Crippen molar-refractivity contribution in [3.05, 3.63) is 11.7 Å². The van der Waals surface area contributed by atoms with Crippen molar-refractivity contribution in [3.8, 4) is 0 Å². The van der Waals surface area contributed by atoms with E-state index in [2.05, 4.69) is 36.2 Å². The van der Waals surface area contributed by atoms with E-state index in [1.165, 1.54) is 0 Å². The van der Waals surface area contributed by atoms with Gasteiger partial charge in [-0.3, -0.25) is 0 Å². The Bertz CT molecular complexity index is 383. The van der Waals surface area contributed by atoms with Gasteiger partial charge in [0.25, 0.3) is 0 Å². The van der Waals surface area contributed by atoms with Gasteiger partial charge in [-0.2, -0.15) is 4.98 Å². The summed E-state index contributed by atoms with van der Waals surface area (Å²) >= 11 is 0. The largest absolute Gasteiger partial charge is 0.373 e. The average Bonchev–Trinajstić information content (AvgIpc) is 2.80. The molecule has 5 nitrogen and oxygen atoms in total. The van der Waals surface area contributed by atoms with Crippen LogP contribution in [0.25, 0.3) is 0 Å². The maximum atomic E-state index is 5.46. The van der Waals surface area contributed by atoms with E-state index in [1.807, 2.05) is 0 Å². The second-order valence-electron chi connectivity index (χ2n) is 5.70. The van der Waals surface area contributed by atoms with E-state index in [-0.39, 0.29) is 11.5 Å². The maximum absolute atomic E-state index is 5.46. The summed E-state index contributed by atoms with van der Waals surface area (Å²) in [5, 5.41) is 7.48. The lowest BCUT2D eigenvalue weighted by Gasteiger charge is -2.30. The number of piperidine rings is 1. The highest BCUT2D eigenvalue weighted by atomic mass is 16.5. The summed E-state index contributed by atoms with van der Waals surface area (Å²) in [5.41, 5.74) is -0.0429. The minimum atomic E-state index is -0.0948. The summed E-state index contributed by atoms with van der Waals surface area (Å²) in [4.78, 5) is 4.56. The Kier molecular flexibility index (Phi) is 4.02. The predicted octanol–water partition coefficient (Wildman–Crippen LogP) is 2.05. The number of ether oxygens (including phenoxy) is 1. The fourth-order valence-electron chi connectivity index (χ4n) is 2.51. The average molecular weight is 253 g/mol. The molecule has 0 spiro atoms. The number of methoxy groups -OCH3 is 1. The maximum Gasteiger partial charge on any atom is 0.233 e. The Morgan fingerprint density at radius 3 is 2.78 bits per heavy atom. The Hall–Kier alpha value is -0.940. The molecule has 1 saturated heterocycles. The molecule has 0 radical (unpaired) electrons. The standard InChI is InChI=1S/C13H23N3O2/c1-9(2)10(17-4)11-15-12(18-16-11)13(3)6-5-7-14-8-13/h9-10,14H,5-8H2,1-4H3. The number of rotatable bonds is 4. The van der Waals surface area contributed by atoms with Gasteiger partial charge in [-0.25, -0.2) is 0 Å². The molecule has 2 atom stereocenters. The van der Waals surface area contributed by atoms with Crippen LogP contribution in [-0.4, -0.2) is 30.3 Å². The van der Waals surface area contributed by atoms with Crippen LogP contribution in [0, 0.1) is 5.92 Å². The van der Waals surface area contributed by atoms with Crippen molar-refractivity contribution in [3.63, 3.8) is 0 Å². The lowest BCUT2D eigenvalue weighted by molar-refractivity contribution is 0.0555. The Morgan fingerprint density at radius 2 is 2.22 bits per heavy atom. The molecule has 1 aromatic heterocycles. The third-order valence-electron chi connectivity index (χ3n) is 3.67. The van der Waals surface area contributed by atoms with Gasteiger partial charge in [-0.1, -0.05) is 19.0 Å². The minimum Gasteiger partial charge on any atom is -0.373 e. The van der Waals surface area contributed by atoms with Gasteiger partial charge in [0.1, 0.15) is 6.10 Å². The van der Waals surface area contributed by atoms with Crippen LogP contribution in [0.3, 0.4) is 0 Å². The number of nitrogens with zero attached hydrogens (tertiary/aromatic N) is 2. The Labute approximate surface area is 108 Å². The fraction of sp³-hybridized carbons (Fsp3) is 0.846. The lowest BCUT2D eigenvalue weighted by Crippen LogP contribution is -2.41. The fourth-order valence-corrected chi connectivity index (χ4v) is 2.51. The van der Waals surface area contributed by atoms with Gasteiger partial charge < -0.3 is 14.6 Å². The number of nitrogens with one attached hydrogen (secondary N) is 1. The highest BCUT2D eigenvalue weighted by Crippen LogP contribution is 2.31. The van der Waals surface area contributed by atoms with E-state index in [0.717, 1.165) is 31.8 Å². The molecule has 0 bridgehead atoms. The molecular weight excluding hydrogens is 230 g/mol. The number of hydrogen-bond acceptors (Lipinski definition) is 5. The molecule has 0 saturated carbocycles. The summed E-state index contributed by atoms with van der Waals surface area (Å²) < 4.78 is 10.9. The molecule has 1 aliphatic heterocycles. The molecule has 1 fully saturated rings. The third kappa shape index (κ3) is 2.57. The van der Waals surface area contributed by atoms with Gasteiger partial charge in [0, 0.05) is 13.7 Å². The van der Waals surface area contributed by atoms with E-state index in [9.17, 15) is 0 Å². The molecule has 2 rings (SSSR count). The quantitative estimate of drug-likeness (QED) is 0.890.